The second-order valence-electron chi connectivity index (χ2n) is 8.47. The third kappa shape index (κ3) is 6.06. The van der Waals surface area contributed by atoms with E-state index in [1.54, 1.807) is 61.7 Å². The molecule has 0 N–H and O–H groups in total. The Labute approximate surface area is 202 Å². The molecule has 4 nitrogen and oxygen atoms in total. The standard InChI is InChI=1S/C29H30O4S/c1-6-24(32-5)8-7-21-29(3,4)23-11-13-25(14-12-23)33-26-15-19-28(20-16-26)34(30,31)27-17-9-22(2)10-18-27/h6-21H,1H2,2-5H3/b21-7+,24-8+. The Hall–Kier alpha value is -3.57. The molecule has 0 spiro atoms. The SMILES string of the molecule is C=C/C(=C\C=C\C(C)(C)c1ccc(Oc2ccc(S(=O)(=O)c3ccc(C)cc3)cc2)cc1)OC. The van der Waals surface area contributed by atoms with E-state index in [0.29, 0.717) is 17.3 Å². The van der Waals surface area contributed by atoms with Crippen LogP contribution in [-0.4, -0.2) is 15.5 Å². The maximum atomic E-state index is 12.8. The molecule has 0 heterocycles. The van der Waals surface area contributed by atoms with E-state index in [-0.39, 0.29) is 15.2 Å². The highest BCUT2D eigenvalue weighted by molar-refractivity contribution is 7.91. The second-order valence-corrected chi connectivity index (χ2v) is 10.4. The fourth-order valence-corrected chi connectivity index (χ4v) is 4.59. The molecule has 3 rings (SSSR count). The summed E-state index contributed by atoms with van der Waals surface area (Å²) in [6, 6.07) is 21.1. The van der Waals surface area contributed by atoms with Gasteiger partial charge >= 0.3 is 0 Å². The summed E-state index contributed by atoms with van der Waals surface area (Å²) in [5.74, 6) is 1.94. The molecule has 3 aromatic carbocycles. The van der Waals surface area contributed by atoms with Gasteiger partial charge in [-0.05, 0) is 73.2 Å². The molecule has 0 aromatic heterocycles. The third-order valence-electron chi connectivity index (χ3n) is 5.51. The Bertz CT molecular complexity index is 1280. The number of allylic oxidation sites excluding steroid dienone is 4. The highest BCUT2D eigenvalue weighted by Crippen LogP contribution is 2.30. The lowest BCUT2D eigenvalue weighted by Crippen LogP contribution is -2.13. The molecular weight excluding hydrogens is 444 g/mol. The molecule has 0 unspecified atom stereocenters. The lowest BCUT2D eigenvalue weighted by molar-refractivity contribution is 0.307. The van der Waals surface area contributed by atoms with Gasteiger partial charge in [0.25, 0.3) is 0 Å². The van der Waals surface area contributed by atoms with E-state index in [0.717, 1.165) is 11.1 Å². The van der Waals surface area contributed by atoms with Gasteiger partial charge in [0.05, 0.1) is 16.9 Å². The molecule has 0 atom stereocenters. The maximum Gasteiger partial charge on any atom is 0.206 e. The van der Waals surface area contributed by atoms with Gasteiger partial charge in [-0.1, -0.05) is 62.4 Å². The normalized spacial score (nSPS) is 12.5. The topological polar surface area (TPSA) is 52.6 Å². The molecule has 0 bridgehead atoms. The van der Waals surface area contributed by atoms with Crippen molar-refractivity contribution in [3.8, 4) is 11.5 Å². The fourth-order valence-electron chi connectivity index (χ4n) is 3.33. The zero-order chi connectivity index (χ0) is 24.8. The van der Waals surface area contributed by atoms with Gasteiger partial charge in [-0.25, -0.2) is 8.42 Å². The number of rotatable bonds is 9. The summed E-state index contributed by atoms with van der Waals surface area (Å²) in [5.41, 5.74) is 1.95. The predicted octanol–water partition coefficient (Wildman–Crippen LogP) is 7.17. The first-order valence-corrected chi connectivity index (χ1v) is 12.4. The Balaban J connectivity index is 1.71. The minimum absolute atomic E-state index is 0.193. The second kappa shape index (κ2) is 10.6. The van der Waals surface area contributed by atoms with Gasteiger partial charge in [-0.15, -0.1) is 0 Å². The Morgan fingerprint density at radius 1 is 0.853 bits per heavy atom. The number of ether oxygens (including phenoxy) is 2. The van der Waals surface area contributed by atoms with Gasteiger partial charge in [0, 0.05) is 5.41 Å². The summed E-state index contributed by atoms with van der Waals surface area (Å²) < 4.78 is 36.8. The van der Waals surface area contributed by atoms with Crippen LogP contribution in [0.4, 0.5) is 0 Å². The van der Waals surface area contributed by atoms with Crippen molar-refractivity contribution in [1.29, 1.82) is 0 Å². The van der Waals surface area contributed by atoms with E-state index >= 15 is 0 Å². The first kappa shape index (κ1) is 25.1. The Kier molecular flexibility index (Phi) is 7.79. The minimum Gasteiger partial charge on any atom is -0.497 e. The average Bonchev–Trinajstić information content (AvgIpc) is 2.83. The van der Waals surface area contributed by atoms with Crippen molar-refractivity contribution in [3.05, 3.63) is 121 Å². The van der Waals surface area contributed by atoms with E-state index in [1.807, 2.05) is 43.3 Å². The smallest absolute Gasteiger partial charge is 0.206 e. The van der Waals surface area contributed by atoms with Crippen LogP contribution in [0, 0.1) is 6.92 Å². The van der Waals surface area contributed by atoms with Gasteiger partial charge in [-0.3, -0.25) is 0 Å². The highest BCUT2D eigenvalue weighted by atomic mass is 32.2. The number of sulfone groups is 1. The van der Waals surface area contributed by atoms with Gasteiger partial charge in [-0.2, -0.15) is 0 Å². The molecule has 0 radical (unpaired) electrons. The molecule has 0 saturated heterocycles. The summed E-state index contributed by atoms with van der Waals surface area (Å²) in [6.07, 6.45) is 7.58. The highest BCUT2D eigenvalue weighted by Gasteiger charge is 2.18. The zero-order valence-electron chi connectivity index (χ0n) is 20.0. The molecule has 34 heavy (non-hydrogen) atoms. The first-order valence-electron chi connectivity index (χ1n) is 10.9. The Morgan fingerprint density at radius 3 is 1.85 bits per heavy atom. The maximum absolute atomic E-state index is 12.8. The van der Waals surface area contributed by atoms with Crippen molar-refractivity contribution in [1.82, 2.24) is 0 Å². The molecular formula is C29H30O4S. The Morgan fingerprint density at radius 2 is 1.35 bits per heavy atom. The number of aryl methyl sites for hydroxylation is 1. The molecule has 0 fully saturated rings. The quantitative estimate of drug-likeness (QED) is 0.244. The molecule has 5 heteroatoms. The average molecular weight is 475 g/mol. The van der Waals surface area contributed by atoms with Crippen LogP contribution in [0.15, 0.2) is 119 Å². The largest absolute Gasteiger partial charge is 0.497 e. The first-order chi connectivity index (χ1) is 16.2. The predicted molar refractivity (Wildman–Crippen MR) is 137 cm³/mol. The van der Waals surface area contributed by atoms with Crippen molar-refractivity contribution in [2.24, 2.45) is 0 Å². The van der Waals surface area contributed by atoms with Crippen LogP contribution < -0.4 is 4.74 Å². The van der Waals surface area contributed by atoms with Gasteiger partial charge in [0.15, 0.2) is 0 Å². The molecule has 3 aromatic rings. The lowest BCUT2D eigenvalue weighted by Gasteiger charge is -2.21. The van der Waals surface area contributed by atoms with Crippen molar-refractivity contribution >= 4 is 9.84 Å². The number of benzene rings is 3. The molecule has 176 valence electrons. The van der Waals surface area contributed by atoms with Crippen LogP contribution in [0.5, 0.6) is 11.5 Å². The van der Waals surface area contributed by atoms with E-state index < -0.39 is 9.84 Å². The number of hydrogen-bond donors (Lipinski definition) is 0. The molecule has 0 aliphatic carbocycles. The van der Waals surface area contributed by atoms with Crippen molar-refractivity contribution < 1.29 is 17.9 Å². The van der Waals surface area contributed by atoms with Crippen LogP contribution >= 0.6 is 0 Å². The van der Waals surface area contributed by atoms with Crippen molar-refractivity contribution in [2.75, 3.05) is 7.11 Å². The van der Waals surface area contributed by atoms with Crippen molar-refractivity contribution in [3.63, 3.8) is 0 Å². The zero-order valence-corrected chi connectivity index (χ0v) is 20.8. The number of methoxy groups -OCH3 is 1. The van der Waals surface area contributed by atoms with Crippen LogP contribution in [0.3, 0.4) is 0 Å². The van der Waals surface area contributed by atoms with E-state index in [9.17, 15) is 8.42 Å². The van der Waals surface area contributed by atoms with Crippen molar-refractivity contribution in [2.45, 2.75) is 36.0 Å². The monoisotopic (exact) mass is 474 g/mol. The molecule has 0 aliphatic rings. The van der Waals surface area contributed by atoms with Gasteiger partial charge in [0.2, 0.25) is 9.84 Å². The van der Waals surface area contributed by atoms with Crippen LogP contribution in [0.1, 0.15) is 25.0 Å². The van der Waals surface area contributed by atoms with E-state index in [1.165, 1.54) is 0 Å². The molecule has 0 amide bonds. The summed E-state index contributed by atoms with van der Waals surface area (Å²) in [6.45, 7) is 9.89. The van der Waals surface area contributed by atoms with Crippen LogP contribution in [0.2, 0.25) is 0 Å². The van der Waals surface area contributed by atoms with Gasteiger partial charge < -0.3 is 9.47 Å². The summed E-state index contributed by atoms with van der Waals surface area (Å²) >= 11 is 0. The van der Waals surface area contributed by atoms with E-state index in [2.05, 4.69) is 26.5 Å². The third-order valence-corrected chi connectivity index (χ3v) is 7.30. The van der Waals surface area contributed by atoms with E-state index in [4.69, 9.17) is 9.47 Å². The summed E-state index contributed by atoms with van der Waals surface area (Å²) in [5, 5.41) is 0. The van der Waals surface area contributed by atoms with Crippen LogP contribution in [0.25, 0.3) is 0 Å². The summed E-state index contributed by atoms with van der Waals surface area (Å²) in [7, 11) is -1.95. The molecule has 0 saturated carbocycles. The minimum atomic E-state index is -3.56. The number of hydrogen-bond acceptors (Lipinski definition) is 4. The molecule has 0 aliphatic heterocycles. The van der Waals surface area contributed by atoms with Crippen LogP contribution in [-0.2, 0) is 20.0 Å². The lowest BCUT2D eigenvalue weighted by atomic mass is 9.84. The summed E-state index contributed by atoms with van der Waals surface area (Å²) in [4.78, 5) is 0.507. The van der Waals surface area contributed by atoms with Gasteiger partial charge in [0.1, 0.15) is 17.3 Å². The fraction of sp³-hybridized carbons (Fsp3) is 0.172.